The monoisotopic (exact) mass is 314 g/mol. The minimum Gasteiger partial charge on any atom is -0.497 e. The van der Waals surface area contributed by atoms with E-state index >= 15 is 0 Å². The Bertz CT molecular complexity index is 659. The van der Waals surface area contributed by atoms with Crippen LogP contribution in [0.25, 0.3) is 0 Å². The predicted molar refractivity (Wildman–Crippen MR) is 93.0 cm³/mol. The average Bonchev–Trinajstić information content (AvgIpc) is 2.59. The van der Waals surface area contributed by atoms with E-state index in [-0.39, 0.29) is 5.91 Å². The molecule has 0 aliphatic rings. The van der Waals surface area contributed by atoms with E-state index in [1.54, 1.807) is 44.4 Å². The first-order valence-corrected chi connectivity index (χ1v) is 7.24. The van der Waals surface area contributed by atoms with Crippen molar-refractivity contribution in [2.45, 2.75) is 0 Å². The van der Waals surface area contributed by atoms with Crippen LogP contribution in [-0.4, -0.2) is 41.3 Å². The molecule has 122 valence electrons. The van der Waals surface area contributed by atoms with E-state index in [9.17, 15) is 4.79 Å². The molecule has 0 aliphatic carbocycles. The summed E-state index contributed by atoms with van der Waals surface area (Å²) >= 11 is 0. The molecule has 0 aromatic heterocycles. The topological polar surface area (TPSA) is 42.0 Å². The van der Waals surface area contributed by atoms with E-state index in [0.29, 0.717) is 17.1 Å². The van der Waals surface area contributed by atoms with Crippen molar-refractivity contribution < 1.29 is 14.3 Å². The molecular formula is C18H22N2O3. The van der Waals surface area contributed by atoms with E-state index in [0.717, 1.165) is 11.4 Å². The molecule has 0 N–H and O–H groups in total. The summed E-state index contributed by atoms with van der Waals surface area (Å²) in [7, 11) is 8.83. The highest BCUT2D eigenvalue weighted by atomic mass is 16.5. The van der Waals surface area contributed by atoms with Crippen molar-refractivity contribution in [2.75, 3.05) is 45.2 Å². The Kier molecular flexibility index (Phi) is 5.11. The van der Waals surface area contributed by atoms with Gasteiger partial charge >= 0.3 is 0 Å². The zero-order valence-corrected chi connectivity index (χ0v) is 14.2. The van der Waals surface area contributed by atoms with Crippen molar-refractivity contribution in [3.05, 3.63) is 48.0 Å². The summed E-state index contributed by atoms with van der Waals surface area (Å²) < 4.78 is 10.4. The van der Waals surface area contributed by atoms with Crippen LogP contribution in [0.2, 0.25) is 0 Å². The molecule has 0 atom stereocenters. The van der Waals surface area contributed by atoms with Crippen LogP contribution in [0.4, 0.5) is 11.4 Å². The fourth-order valence-electron chi connectivity index (χ4n) is 2.22. The molecule has 5 nitrogen and oxygen atoms in total. The lowest BCUT2D eigenvalue weighted by Crippen LogP contribution is -2.26. The highest BCUT2D eigenvalue weighted by Crippen LogP contribution is 2.25. The summed E-state index contributed by atoms with van der Waals surface area (Å²) in [6, 6.07) is 12.9. The lowest BCUT2D eigenvalue weighted by molar-refractivity contribution is 0.0992. The highest BCUT2D eigenvalue weighted by Gasteiger charge is 2.16. The van der Waals surface area contributed by atoms with Crippen molar-refractivity contribution in [1.82, 2.24) is 0 Å². The van der Waals surface area contributed by atoms with Crippen LogP contribution in [0.3, 0.4) is 0 Å². The molecule has 0 heterocycles. The number of hydrogen-bond acceptors (Lipinski definition) is 4. The zero-order valence-electron chi connectivity index (χ0n) is 14.2. The van der Waals surface area contributed by atoms with Crippen LogP contribution >= 0.6 is 0 Å². The maximum Gasteiger partial charge on any atom is 0.258 e. The third-order valence-corrected chi connectivity index (χ3v) is 3.66. The number of ether oxygens (including phenoxy) is 2. The molecule has 0 bridgehead atoms. The second-order valence-corrected chi connectivity index (χ2v) is 5.38. The fourth-order valence-corrected chi connectivity index (χ4v) is 2.22. The quantitative estimate of drug-likeness (QED) is 0.850. The van der Waals surface area contributed by atoms with Gasteiger partial charge in [-0.3, -0.25) is 4.79 Å². The molecule has 0 saturated carbocycles. The Hall–Kier alpha value is -2.69. The molecule has 0 fully saturated rings. The number of carbonyl (C=O) groups excluding carboxylic acids is 1. The van der Waals surface area contributed by atoms with Crippen molar-refractivity contribution >= 4 is 17.3 Å². The van der Waals surface area contributed by atoms with Gasteiger partial charge in [0.05, 0.1) is 14.2 Å². The number of carbonyl (C=O) groups is 1. The van der Waals surface area contributed by atoms with Gasteiger partial charge < -0.3 is 19.3 Å². The Morgan fingerprint density at radius 3 is 1.74 bits per heavy atom. The van der Waals surface area contributed by atoms with Gasteiger partial charge in [-0.05, 0) is 36.4 Å². The number of rotatable bonds is 5. The van der Waals surface area contributed by atoms with E-state index in [4.69, 9.17) is 9.47 Å². The van der Waals surface area contributed by atoms with Crippen molar-refractivity contribution in [3.63, 3.8) is 0 Å². The van der Waals surface area contributed by atoms with Crippen LogP contribution < -0.4 is 19.3 Å². The second kappa shape index (κ2) is 7.05. The molecule has 5 heteroatoms. The summed E-state index contributed by atoms with van der Waals surface area (Å²) in [4.78, 5) is 16.3. The molecule has 0 unspecified atom stereocenters. The zero-order chi connectivity index (χ0) is 17.0. The molecule has 2 rings (SSSR count). The van der Waals surface area contributed by atoms with Gasteiger partial charge in [-0.15, -0.1) is 0 Å². The Morgan fingerprint density at radius 2 is 1.30 bits per heavy atom. The van der Waals surface area contributed by atoms with E-state index in [1.165, 1.54) is 0 Å². The first-order valence-electron chi connectivity index (χ1n) is 7.24. The highest BCUT2D eigenvalue weighted by molar-refractivity contribution is 6.06. The standard InChI is InChI=1S/C18H22N2O3/c1-19(2)14-6-8-15(9-7-14)20(3)18(21)13-10-16(22-4)12-17(11-13)23-5/h6-12H,1-5H3. The molecule has 0 aliphatic heterocycles. The van der Waals surface area contributed by atoms with Crippen molar-refractivity contribution in [1.29, 1.82) is 0 Å². The Labute approximate surface area is 137 Å². The normalized spacial score (nSPS) is 10.1. The molecule has 2 aromatic rings. The van der Waals surface area contributed by atoms with Crippen LogP contribution in [-0.2, 0) is 0 Å². The van der Waals surface area contributed by atoms with Gasteiger partial charge in [0.1, 0.15) is 11.5 Å². The summed E-state index contributed by atoms with van der Waals surface area (Å²) in [5, 5.41) is 0. The number of methoxy groups -OCH3 is 2. The number of amides is 1. The third-order valence-electron chi connectivity index (χ3n) is 3.66. The Morgan fingerprint density at radius 1 is 0.826 bits per heavy atom. The van der Waals surface area contributed by atoms with Gasteiger partial charge in [-0.1, -0.05) is 0 Å². The van der Waals surface area contributed by atoms with Gasteiger partial charge in [-0.25, -0.2) is 0 Å². The SMILES string of the molecule is COc1cc(OC)cc(C(=O)N(C)c2ccc(N(C)C)cc2)c1. The maximum absolute atomic E-state index is 12.7. The van der Waals surface area contributed by atoms with Crippen molar-refractivity contribution in [2.24, 2.45) is 0 Å². The van der Waals surface area contributed by atoms with E-state index < -0.39 is 0 Å². The van der Waals surface area contributed by atoms with Gasteiger partial charge in [0.15, 0.2) is 0 Å². The van der Waals surface area contributed by atoms with E-state index in [1.807, 2.05) is 43.3 Å². The molecule has 0 saturated heterocycles. The predicted octanol–water partition coefficient (Wildman–Crippen LogP) is 3.05. The summed E-state index contributed by atoms with van der Waals surface area (Å²) in [6.07, 6.45) is 0. The van der Waals surface area contributed by atoms with Gasteiger partial charge in [0, 0.05) is 44.1 Å². The summed E-state index contributed by atoms with van der Waals surface area (Å²) in [6.45, 7) is 0. The van der Waals surface area contributed by atoms with E-state index in [2.05, 4.69) is 0 Å². The van der Waals surface area contributed by atoms with Crippen LogP contribution in [0.15, 0.2) is 42.5 Å². The number of hydrogen-bond donors (Lipinski definition) is 0. The lowest BCUT2D eigenvalue weighted by atomic mass is 10.1. The minimum atomic E-state index is -0.125. The van der Waals surface area contributed by atoms with Gasteiger partial charge in [0.25, 0.3) is 5.91 Å². The fraction of sp³-hybridized carbons (Fsp3) is 0.278. The molecule has 0 radical (unpaired) electrons. The minimum absolute atomic E-state index is 0.125. The third kappa shape index (κ3) is 3.74. The van der Waals surface area contributed by atoms with Gasteiger partial charge in [0.2, 0.25) is 0 Å². The summed E-state index contributed by atoms with van der Waals surface area (Å²) in [5.41, 5.74) is 2.42. The van der Waals surface area contributed by atoms with Crippen molar-refractivity contribution in [3.8, 4) is 11.5 Å². The number of anilines is 2. The number of benzene rings is 2. The summed E-state index contributed by atoms with van der Waals surface area (Å²) in [5.74, 6) is 1.05. The van der Waals surface area contributed by atoms with Gasteiger partial charge in [-0.2, -0.15) is 0 Å². The van der Waals surface area contributed by atoms with Crippen LogP contribution in [0.1, 0.15) is 10.4 Å². The second-order valence-electron chi connectivity index (χ2n) is 5.38. The number of nitrogens with zero attached hydrogens (tertiary/aromatic N) is 2. The molecular weight excluding hydrogens is 292 g/mol. The molecule has 0 spiro atoms. The molecule has 23 heavy (non-hydrogen) atoms. The largest absolute Gasteiger partial charge is 0.497 e. The van der Waals surface area contributed by atoms with Crippen LogP contribution in [0.5, 0.6) is 11.5 Å². The first-order chi connectivity index (χ1) is 11.0. The van der Waals surface area contributed by atoms with Crippen LogP contribution in [0, 0.1) is 0 Å². The maximum atomic E-state index is 12.7. The average molecular weight is 314 g/mol. The smallest absolute Gasteiger partial charge is 0.258 e. The first kappa shape index (κ1) is 16.7. The molecule has 1 amide bonds. The molecule has 2 aromatic carbocycles. The Balaban J connectivity index is 2.28. The lowest BCUT2D eigenvalue weighted by Gasteiger charge is -2.20.